The first-order valence-corrected chi connectivity index (χ1v) is 10.1. The first-order chi connectivity index (χ1) is 13.8. The van der Waals surface area contributed by atoms with E-state index in [0.29, 0.717) is 19.4 Å². The molecule has 3 rings (SSSR count). The van der Waals surface area contributed by atoms with Gasteiger partial charge in [0.15, 0.2) is 0 Å². The number of benzene rings is 1. The summed E-state index contributed by atoms with van der Waals surface area (Å²) in [7, 11) is 0. The fourth-order valence-electron chi connectivity index (χ4n) is 4.17. The van der Waals surface area contributed by atoms with E-state index in [1.54, 1.807) is 9.58 Å². The zero-order chi connectivity index (χ0) is 21.0. The van der Waals surface area contributed by atoms with Crippen molar-refractivity contribution in [3.63, 3.8) is 0 Å². The van der Waals surface area contributed by atoms with E-state index in [1.807, 2.05) is 50.2 Å². The second kappa shape index (κ2) is 8.78. The minimum Gasteiger partial charge on any atom is -0.481 e. The molecular weight excluding hydrogens is 370 g/mol. The maximum Gasteiger partial charge on any atom is 0.314 e. The van der Waals surface area contributed by atoms with Gasteiger partial charge in [-0.25, -0.2) is 0 Å². The van der Waals surface area contributed by atoms with E-state index < -0.39 is 17.5 Å². The minimum atomic E-state index is -1.34. The van der Waals surface area contributed by atoms with E-state index in [2.05, 4.69) is 5.10 Å². The Hall–Kier alpha value is -2.67. The quantitative estimate of drug-likeness (QED) is 0.744. The number of carbonyl (C=O) groups is 2. The van der Waals surface area contributed by atoms with Gasteiger partial charge in [0, 0.05) is 18.8 Å². The van der Waals surface area contributed by atoms with Crippen LogP contribution in [0.25, 0.3) is 0 Å². The van der Waals surface area contributed by atoms with Gasteiger partial charge in [-0.05, 0) is 51.2 Å². The molecule has 2 N–H and O–H groups in total. The van der Waals surface area contributed by atoms with Crippen molar-refractivity contribution in [3.8, 4) is 0 Å². The van der Waals surface area contributed by atoms with Crippen LogP contribution in [-0.4, -0.2) is 56.0 Å². The molecule has 1 aromatic carbocycles. The lowest BCUT2D eigenvalue weighted by Gasteiger charge is -2.43. The highest BCUT2D eigenvalue weighted by atomic mass is 16.4. The first kappa shape index (κ1) is 21.0. The van der Waals surface area contributed by atoms with Crippen molar-refractivity contribution in [2.24, 2.45) is 5.41 Å². The lowest BCUT2D eigenvalue weighted by atomic mass is 9.73. The number of hydrogen-bond acceptors (Lipinski definition) is 4. The third-order valence-electron chi connectivity index (χ3n) is 5.88. The zero-order valence-electron chi connectivity index (χ0n) is 17.0. The smallest absolute Gasteiger partial charge is 0.314 e. The number of aromatic nitrogens is 2. The number of likely N-dealkylation sites (tertiary alicyclic amines) is 1. The van der Waals surface area contributed by atoms with Gasteiger partial charge in [-0.1, -0.05) is 30.3 Å². The molecule has 1 aliphatic rings. The molecule has 1 aromatic heterocycles. The highest BCUT2D eigenvalue weighted by Crippen LogP contribution is 2.36. The van der Waals surface area contributed by atoms with Crippen molar-refractivity contribution in [2.75, 3.05) is 13.1 Å². The summed E-state index contributed by atoms with van der Waals surface area (Å²) in [5.41, 5.74) is 1.53. The van der Waals surface area contributed by atoms with Gasteiger partial charge in [0.05, 0.1) is 11.8 Å². The Morgan fingerprint density at radius 1 is 1.24 bits per heavy atom. The van der Waals surface area contributed by atoms with Gasteiger partial charge < -0.3 is 15.1 Å². The van der Waals surface area contributed by atoms with Crippen LogP contribution < -0.4 is 0 Å². The van der Waals surface area contributed by atoms with Gasteiger partial charge >= 0.3 is 5.97 Å². The maximum absolute atomic E-state index is 12.8. The summed E-state index contributed by atoms with van der Waals surface area (Å²) in [6.07, 6.45) is 0.992. The number of rotatable bonds is 7. The first-order valence-electron chi connectivity index (χ1n) is 10.1. The Bertz CT molecular complexity index is 864. The average Bonchev–Trinajstić information content (AvgIpc) is 3.00. The van der Waals surface area contributed by atoms with E-state index in [1.165, 1.54) is 0 Å². The molecule has 0 saturated carbocycles. The molecule has 1 amide bonds. The van der Waals surface area contributed by atoms with Crippen LogP contribution in [0.1, 0.15) is 36.2 Å². The number of aliphatic carboxylic acids is 1. The van der Waals surface area contributed by atoms with Gasteiger partial charge in [-0.3, -0.25) is 14.3 Å². The summed E-state index contributed by atoms with van der Waals surface area (Å²) in [4.78, 5) is 26.6. The van der Waals surface area contributed by atoms with Gasteiger partial charge in [0.25, 0.3) is 0 Å². The van der Waals surface area contributed by atoms with Gasteiger partial charge in [0.2, 0.25) is 5.91 Å². The highest BCUT2D eigenvalue weighted by Gasteiger charge is 2.49. The molecule has 7 heteroatoms. The average molecular weight is 399 g/mol. The van der Waals surface area contributed by atoms with Crippen LogP contribution >= 0.6 is 0 Å². The molecular formula is C22H29N3O4. The predicted octanol–water partition coefficient (Wildman–Crippen LogP) is 2.19. The van der Waals surface area contributed by atoms with E-state index in [-0.39, 0.29) is 25.4 Å². The SMILES string of the molecule is Cc1cc(C)n(CC(=O)N2CC[C@@H](O)[C@](CCCc3ccccc3)(C(=O)O)C2)n1. The Morgan fingerprint density at radius 2 is 1.97 bits per heavy atom. The summed E-state index contributed by atoms with van der Waals surface area (Å²) in [6.45, 7) is 4.21. The summed E-state index contributed by atoms with van der Waals surface area (Å²) in [5, 5.41) is 24.9. The number of aryl methyl sites for hydroxylation is 3. The lowest BCUT2D eigenvalue weighted by molar-refractivity contribution is -0.167. The summed E-state index contributed by atoms with van der Waals surface area (Å²) in [5.74, 6) is -1.21. The number of amides is 1. The molecule has 2 heterocycles. The standard InChI is InChI=1S/C22H29N3O4/c1-16-13-17(2)25(23-16)14-20(27)24-12-10-19(26)22(15-24,21(28)29)11-6-9-18-7-4-3-5-8-18/h3-5,7-8,13,19,26H,6,9-12,14-15H2,1-2H3,(H,28,29)/t19-,22-/m1/s1. The van der Waals surface area contributed by atoms with Crippen molar-refractivity contribution in [1.82, 2.24) is 14.7 Å². The largest absolute Gasteiger partial charge is 0.481 e. The molecule has 2 atom stereocenters. The normalized spacial score (nSPS) is 21.9. The topological polar surface area (TPSA) is 95.7 Å². The van der Waals surface area contributed by atoms with Crippen LogP contribution in [0.4, 0.5) is 0 Å². The predicted molar refractivity (Wildman–Crippen MR) is 108 cm³/mol. The van der Waals surface area contributed by atoms with E-state index >= 15 is 0 Å². The molecule has 156 valence electrons. The molecule has 1 saturated heterocycles. The molecule has 1 aliphatic heterocycles. The molecule has 0 unspecified atom stereocenters. The van der Waals surface area contributed by atoms with Crippen LogP contribution in [0.3, 0.4) is 0 Å². The van der Waals surface area contributed by atoms with Crippen molar-refractivity contribution in [2.45, 2.75) is 52.2 Å². The molecule has 0 aliphatic carbocycles. The number of carbonyl (C=O) groups excluding carboxylic acids is 1. The zero-order valence-corrected chi connectivity index (χ0v) is 17.0. The van der Waals surface area contributed by atoms with E-state index in [9.17, 15) is 19.8 Å². The van der Waals surface area contributed by atoms with Crippen LogP contribution in [0.15, 0.2) is 36.4 Å². The number of piperidine rings is 1. The second-order valence-corrected chi connectivity index (χ2v) is 8.00. The minimum absolute atomic E-state index is 0.0242. The van der Waals surface area contributed by atoms with Crippen molar-refractivity contribution < 1.29 is 19.8 Å². The highest BCUT2D eigenvalue weighted by molar-refractivity contribution is 5.80. The van der Waals surface area contributed by atoms with E-state index in [0.717, 1.165) is 23.4 Å². The number of hydrogen-bond donors (Lipinski definition) is 2. The molecule has 2 aromatic rings. The molecule has 0 radical (unpaired) electrons. The summed E-state index contributed by atoms with van der Waals surface area (Å²) >= 11 is 0. The molecule has 0 bridgehead atoms. The van der Waals surface area contributed by atoms with Crippen molar-refractivity contribution in [3.05, 3.63) is 53.3 Å². The molecule has 0 spiro atoms. The van der Waals surface area contributed by atoms with Crippen molar-refractivity contribution in [1.29, 1.82) is 0 Å². The van der Waals surface area contributed by atoms with Gasteiger partial charge in [-0.2, -0.15) is 5.10 Å². The van der Waals surface area contributed by atoms with Crippen LogP contribution in [0, 0.1) is 19.3 Å². The molecule has 29 heavy (non-hydrogen) atoms. The van der Waals surface area contributed by atoms with Gasteiger partial charge in [-0.15, -0.1) is 0 Å². The lowest BCUT2D eigenvalue weighted by Crippen LogP contribution is -2.57. The Balaban J connectivity index is 1.69. The molecule has 1 fully saturated rings. The Kier molecular flexibility index (Phi) is 6.37. The monoisotopic (exact) mass is 399 g/mol. The fraction of sp³-hybridized carbons (Fsp3) is 0.500. The van der Waals surface area contributed by atoms with Crippen LogP contribution in [0.5, 0.6) is 0 Å². The Labute approximate surface area is 171 Å². The fourth-order valence-corrected chi connectivity index (χ4v) is 4.17. The maximum atomic E-state index is 12.8. The van der Waals surface area contributed by atoms with Crippen LogP contribution in [0.2, 0.25) is 0 Å². The van der Waals surface area contributed by atoms with Gasteiger partial charge in [0.1, 0.15) is 12.0 Å². The summed E-state index contributed by atoms with van der Waals surface area (Å²) in [6, 6.07) is 11.8. The van der Waals surface area contributed by atoms with E-state index in [4.69, 9.17) is 0 Å². The summed E-state index contributed by atoms with van der Waals surface area (Å²) < 4.78 is 1.64. The number of aliphatic hydroxyl groups is 1. The van der Waals surface area contributed by atoms with Crippen LogP contribution in [-0.2, 0) is 22.6 Å². The van der Waals surface area contributed by atoms with Crippen molar-refractivity contribution >= 4 is 11.9 Å². The third kappa shape index (κ3) is 4.67. The Morgan fingerprint density at radius 3 is 2.59 bits per heavy atom. The molecule has 7 nitrogen and oxygen atoms in total. The number of nitrogens with zero attached hydrogens (tertiary/aromatic N) is 3. The number of aliphatic hydroxyl groups excluding tert-OH is 1. The third-order valence-corrected chi connectivity index (χ3v) is 5.88. The second-order valence-electron chi connectivity index (χ2n) is 8.00. The number of carboxylic acid groups (broad SMARTS) is 1. The number of carboxylic acids is 1.